The number of anilines is 1. The molecule has 0 fully saturated rings. The molecular weight excluding hydrogens is 312 g/mol. The Balaban J connectivity index is 2.69. The lowest BCUT2D eigenvalue weighted by molar-refractivity contribution is -0.139. The number of carbonyl (C=O) groups excluding carboxylic acids is 1. The Hall–Kier alpha value is -1.56. The summed E-state index contributed by atoms with van der Waals surface area (Å²) in [6, 6.07) is 4.05. The number of hydrogen-bond donors (Lipinski definition) is 3. The summed E-state index contributed by atoms with van der Waals surface area (Å²) in [5.41, 5.74) is 1.53. The molecule has 19 heavy (non-hydrogen) atoms. The van der Waals surface area contributed by atoms with Crippen molar-refractivity contribution >= 4 is 33.6 Å². The van der Waals surface area contributed by atoms with Crippen molar-refractivity contribution in [1.82, 2.24) is 5.32 Å². The summed E-state index contributed by atoms with van der Waals surface area (Å²) < 4.78 is 0.883. The van der Waals surface area contributed by atoms with Gasteiger partial charge in [-0.25, -0.2) is 9.59 Å². The first-order valence-electron chi connectivity index (χ1n) is 6.01. The first kappa shape index (κ1) is 15.5. The van der Waals surface area contributed by atoms with Crippen LogP contribution in [0.4, 0.5) is 10.5 Å². The summed E-state index contributed by atoms with van der Waals surface area (Å²) in [4.78, 5) is 22.7. The van der Waals surface area contributed by atoms with Gasteiger partial charge in [0, 0.05) is 10.2 Å². The van der Waals surface area contributed by atoms with Gasteiger partial charge < -0.3 is 15.7 Å². The second kappa shape index (κ2) is 7.13. The Labute approximate surface area is 120 Å². The zero-order valence-corrected chi connectivity index (χ0v) is 12.5. The van der Waals surface area contributed by atoms with Crippen LogP contribution in [0.15, 0.2) is 22.7 Å². The van der Waals surface area contributed by atoms with Crippen LogP contribution in [-0.2, 0) is 4.79 Å². The highest BCUT2D eigenvalue weighted by Gasteiger charge is 2.19. The molecule has 2 amide bonds. The standard InChI is InChI=1S/C13H17BrN2O3/c1-3-5-11(12(17)18)16-13(19)15-10-7-4-6-9(14)8(10)2/h4,6-7,11H,3,5H2,1-2H3,(H,17,18)(H2,15,16,19). The van der Waals surface area contributed by atoms with Gasteiger partial charge in [0.05, 0.1) is 0 Å². The van der Waals surface area contributed by atoms with Gasteiger partial charge in [-0.3, -0.25) is 0 Å². The van der Waals surface area contributed by atoms with Crippen LogP contribution in [0.2, 0.25) is 0 Å². The number of urea groups is 1. The van der Waals surface area contributed by atoms with E-state index in [0.717, 1.165) is 10.0 Å². The number of halogens is 1. The number of rotatable bonds is 5. The van der Waals surface area contributed by atoms with Crippen LogP contribution in [0.5, 0.6) is 0 Å². The Morgan fingerprint density at radius 1 is 1.42 bits per heavy atom. The molecule has 0 aliphatic carbocycles. The number of carboxylic acids is 1. The number of carboxylic acid groups (broad SMARTS) is 1. The molecule has 104 valence electrons. The van der Waals surface area contributed by atoms with Crippen LogP contribution >= 0.6 is 15.9 Å². The summed E-state index contributed by atoms with van der Waals surface area (Å²) in [6.07, 6.45) is 1.09. The van der Waals surface area contributed by atoms with E-state index in [9.17, 15) is 9.59 Å². The number of amides is 2. The predicted molar refractivity (Wildman–Crippen MR) is 77.4 cm³/mol. The third-order valence-electron chi connectivity index (χ3n) is 2.70. The molecule has 5 nitrogen and oxygen atoms in total. The summed E-state index contributed by atoms with van der Waals surface area (Å²) in [5.74, 6) is -1.03. The fourth-order valence-electron chi connectivity index (χ4n) is 1.61. The first-order valence-corrected chi connectivity index (χ1v) is 6.80. The third-order valence-corrected chi connectivity index (χ3v) is 3.56. The van der Waals surface area contributed by atoms with E-state index >= 15 is 0 Å². The molecular formula is C13H17BrN2O3. The number of nitrogens with one attached hydrogen (secondary N) is 2. The summed E-state index contributed by atoms with van der Waals surface area (Å²) in [5, 5.41) is 14.1. The predicted octanol–water partition coefficient (Wildman–Crippen LogP) is 3.13. The third kappa shape index (κ3) is 4.55. The van der Waals surface area contributed by atoms with E-state index in [4.69, 9.17) is 5.11 Å². The highest BCUT2D eigenvalue weighted by molar-refractivity contribution is 9.10. The summed E-state index contributed by atoms with van der Waals surface area (Å²) in [6.45, 7) is 3.73. The minimum absolute atomic E-state index is 0.403. The largest absolute Gasteiger partial charge is 0.480 e. The van der Waals surface area contributed by atoms with Crippen molar-refractivity contribution in [3.8, 4) is 0 Å². The maximum Gasteiger partial charge on any atom is 0.326 e. The van der Waals surface area contributed by atoms with Crippen LogP contribution < -0.4 is 10.6 Å². The average molecular weight is 329 g/mol. The van der Waals surface area contributed by atoms with Crippen molar-refractivity contribution in [3.63, 3.8) is 0 Å². The molecule has 1 atom stereocenters. The highest BCUT2D eigenvalue weighted by atomic mass is 79.9. The minimum atomic E-state index is -1.03. The number of benzene rings is 1. The SMILES string of the molecule is CCCC(NC(=O)Nc1cccc(Br)c1C)C(=O)O. The average Bonchev–Trinajstić information content (AvgIpc) is 2.34. The Morgan fingerprint density at radius 3 is 2.68 bits per heavy atom. The fourth-order valence-corrected chi connectivity index (χ4v) is 1.97. The van der Waals surface area contributed by atoms with Crippen LogP contribution in [0, 0.1) is 6.92 Å². The Bertz CT molecular complexity index is 477. The maximum atomic E-state index is 11.8. The van der Waals surface area contributed by atoms with E-state index in [1.807, 2.05) is 19.9 Å². The van der Waals surface area contributed by atoms with Crippen LogP contribution in [-0.4, -0.2) is 23.1 Å². The quantitative estimate of drug-likeness (QED) is 0.776. The van der Waals surface area contributed by atoms with E-state index in [1.165, 1.54) is 0 Å². The van der Waals surface area contributed by atoms with E-state index in [1.54, 1.807) is 12.1 Å². The van der Waals surface area contributed by atoms with Crippen molar-refractivity contribution in [2.24, 2.45) is 0 Å². The number of aliphatic carboxylic acids is 1. The monoisotopic (exact) mass is 328 g/mol. The molecule has 0 aliphatic heterocycles. The van der Waals surface area contributed by atoms with Crippen LogP contribution in [0.3, 0.4) is 0 Å². The zero-order valence-electron chi connectivity index (χ0n) is 10.9. The molecule has 1 unspecified atom stereocenters. The van der Waals surface area contributed by atoms with Crippen molar-refractivity contribution < 1.29 is 14.7 Å². The van der Waals surface area contributed by atoms with Crippen molar-refractivity contribution in [3.05, 3.63) is 28.2 Å². The molecule has 0 saturated heterocycles. The topological polar surface area (TPSA) is 78.4 Å². The molecule has 0 heterocycles. The second-order valence-corrected chi connectivity index (χ2v) is 5.04. The normalized spacial score (nSPS) is 11.7. The number of carbonyl (C=O) groups is 2. The molecule has 3 N–H and O–H groups in total. The summed E-state index contributed by atoms with van der Waals surface area (Å²) in [7, 11) is 0. The van der Waals surface area contributed by atoms with Gasteiger partial charge in [-0.1, -0.05) is 35.3 Å². The van der Waals surface area contributed by atoms with Crippen molar-refractivity contribution in [2.75, 3.05) is 5.32 Å². The van der Waals surface area contributed by atoms with Gasteiger partial charge in [-0.15, -0.1) is 0 Å². The molecule has 0 aromatic heterocycles. The van der Waals surface area contributed by atoms with Crippen LogP contribution in [0.1, 0.15) is 25.3 Å². The second-order valence-electron chi connectivity index (χ2n) is 4.19. The number of hydrogen-bond acceptors (Lipinski definition) is 2. The molecule has 1 rings (SSSR count). The highest BCUT2D eigenvalue weighted by Crippen LogP contribution is 2.23. The summed E-state index contributed by atoms with van der Waals surface area (Å²) >= 11 is 3.37. The first-order chi connectivity index (χ1) is 8.95. The van der Waals surface area contributed by atoms with Gasteiger partial charge in [0.15, 0.2) is 0 Å². The van der Waals surface area contributed by atoms with Gasteiger partial charge in [-0.05, 0) is 31.0 Å². The van der Waals surface area contributed by atoms with Gasteiger partial charge in [-0.2, -0.15) is 0 Å². The van der Waals surface area contributed by atoms with E-state index in [2.05, 4.69) is 26.6 Å². The molecule has 0 radical (unpaired) electrons. The smallest absolute Gasteiger partial charge is 0.326 e. The van der Waals surface area contributed by atoms with Crippen LogP contribution in [0.25, 0.3) is 0 Å². The molecule has 0 bridgehead atoms. The van der Waals surface area contributed by atoms with Gasteiger partial charge in [0.2, 0.25) is 0 Å². The lowest BCUT2D eigenvalue weighted by Gasteiger charge is -2.15. The van der Waals surface area contributed by atoms with Gasteiger partial charge in [0.1, 0.15) is 6.04 Å². The molecule has 1 aromatic rings. The lowest BCUT2D eigenvalue weighted by atomic mass is 10.2. The fraction of sp³-hybridized carbons (Fsp3) is 0.385. The minimum Gasteiger partial charge on any atom is -0.480 e. The van der Waals surface area contributed by atoms with Crippen molar-refractivity contribution in [2.45, 2.75) is 32.7 Å². The van der Waals surface area contributed by atoms with E-state index < -0.39 is 18.0 Å². The molecule has 1 aromatic carbocycles. The zero-order chi connectivity index (χ0) is 14.4. The van der Waals surface area contributed by atoms with E-state index in [-0.39, 0.29) is 0 Å². The molecule has 0 aliphatic rings. The lowest BCUT2D eigenvalue weighted by Crippen LogP contribution is -2.42. The van der Waals surface area contributed by atoms with Crippen molar-refractivity contribution in [1.29, 1.82) is 0 Å². The molecule has 6 heteroatoms. The molecule has 0 spiro atoms. The van der Waals surface area contributed by atoms with Gasteiger partial charge in [0.25, 0.3) is 0 Å². The van der Waals surface area contributed by atoms with E-state index in [0.29, 0.717) is 18.5 Å². The molecule has 0 saturated carbocycles. The Kier molecular flexibility index (Phi) is 5.82. The Morgan fingerprint density at radius 2 is 2.11 bits per heavy atom. The van der Waals surface area contributed by atoms with Gasteiger partial charge >= 0.3 is 12.0 Å². The maximum absolute atomic E-state index is 11.8.